The molecule has 0 amide bonds. The lowest BCUT2D eigenvalue weighted by Crippen LogP contribution is -2.38. The van der Waals surface area contributed by atoms with Crippen molar-refractivity contribution in [2.24, 2.45) is 5.92 Å². The first-order valence-corrected chi connectivity index (χ1v) is 13.9. The molecule has 1 aliphatic carbocycles. The number of ether oxygens (including phenoxy) is 4. The maximum absolute atomic E-state index is 15.1. The molecule has 0 radical (unpaired) electrons. The van der Waals surface area contributed by atoms with E-state index in [4.69, 9.17) is 18.9 Å². The summed E-state index contributed by atoms with van der Waals surface area (Å²) in [6.45, 7) is 6.62. The highest BCUT2D eigenvalue weighted by Crippen LogP contribution is 2.76. The van der Waals surface area contributed by atoms with Crippen molar-refractivity contribution in [3.63, 3.8) is 0 Å². The van der Waals surface area contributed by atoms with Crippen molar-refractivity contribution in [2.45, 2.75) is 43.8 Å². The summed E-state index contributed by atoms with van der Waals surface area (Å²) in [5.41, 5.74) is 1.86. The van der Waals surface area contributed by atoms with Gasteiger partial charge in [0.25, 0.3) is 5.92 Å². The van der Waals surface area contributed by atoms with Gasteiger partial charge in [-0.05, 0) is 35.4 Å². The van der Waals surface area contributed by atoms with E-state index < -0.39 is 25.0 Å². The van der Waals surface area contributed by atoms with Crippen LogP contribution in [0.3, 0.4) is 0 Å². The molecule has 2 aromatic rings. The highest BCUT2D eigenvalue weighted by Gasteiger charge is 2.84. The van der Waals surface area contributed by atoms with Crippen LogP contribution >= 0.6 is 0 Å². The molecule has 2 aromatic carbocycles. The largest absolute Gasteiger partial charge is 0.497 e. The number of hydrogen-bond acceptors (Lipinski definition) is 4. The fraction of sp³-hybridized carbons (Fsp3) is 0.500. The van der Waals surface area contributed by atoms with Crippen molar-refractivity contribution >= 4 is 8.07 Å². The Kier molecular flexibility index (Phi) is 7.08. The molecule has 0 bridgehead atoms. The van der Waals surface area contributed by atoms with Gasteiger partial charge in [0.15, 0.2) is 0 Å². The minimum absolute atomic E-state index is 0.0230. The quantitative estimate of drug-likeness (QED) is 0.407. The molecule has 1 saturated carbocycles. The zero-order chi connectivity index (χ0) is 22.7. The number of hydrogen-bond donors (Lipinski definition) is 0. The van der Waals surface area contributed by atoms with Gasteiger partial charge >= 0.3 is 0 Å². The summed E-state index contributed by atoms with van der Waals surface area (Å²) in [6.07, 6.45) is 0. The molecule has 2 atom stereocenters. The summed E-state index contributed by atoms with van der Waals surface area (Å²) in [6, 6.07) is 14.9. The highest BCUT2D eigenvalue weighted by atomic mass is 28.3. The fourth-order valence-electron chi connectivity index (χ4n) is 4.28. The Labute approximate surface area is 184 Å². The summed E-state index contributed by atoms with van der Waals surface area (Å²) >= 11 is 0. The lowest BCUT2D eigenvalue weighted by molar-refractivity contribution is 0.0368. The van der Waals surface area contributed by atoms with Crippen molar-refractivity contribution in [1.29, 1.82) is 0 Å². The Bertz CT molecular complexity index is 849. The van der Waals surface area contributed by atoms with Crippen LogP contribution in [0.1, 0.15) is 11.1 Å². The molecule has 7 heteroatoms. The van der Waals surface area contributed by atoms with E-state index in [0.717, 1.165) is 22.6 Å². The Balaban J connectivity index is 1.59. The van der Waals surface area contributed by atoms with Crippen molar-refractivity contribution < 1.29 is 27.7 Å². The van der Waals surface area contributed by atoms with Crippen LogP contribution in [0.2, 0.25) is 24.7 Å². The van der Waals surface area contributed by atoms with Crippen molar-refractivity contribution in [3.8, 4) is 11.5 Å². The van der Waals surface area contributed by atoms with E-state index in [2.05, 4.69) is 0 Å². The topological polar surface area (TPSA) is 36.9 Å². The fourth-order valence-corrected chi connectivity index (χ4v) is 7.23. The van der Waals surface area contributed by atoms with Gasteiger partial charge in [0.1, 0.15) is 11.5 Å². The third kappa shape index (κ3) is 4.78. The van der Waals surface area contributed by atoms with Crippen molar-refractivity contribution in [2.75, 3.05) is 27.4 Å². The average molecular weight is 451 g/mol. The molecule has 2 unspecified atom stereocenters. The molecular formula is C24H32F2O4Si. The van der Waals surface area contributed by atoms with Crippen molar-refractivity contribution in [3.05, 3.63) is 59.7 Å². The monoisotopic (exact) mass is 450 g/mol. The molecule has 0 saturated heterocycles. The van der Waals surface area contributed by atoms with Crippen LogP contribution in [0.15, 0.2) is 48.5 Å². The zero-order valence-electron chi connectivity index (χ0n) is 18.9. The Morgan fingerprint density at radius 2 is 1.23 bits per heavy atom. The van der Waals surface area contributed by atoms with Gasteiger partial charge in [0.05, 0.1) is 59.7 Å². The van der Waals surface area contributed by atoms with E-state index in [1.807, 2.05) is 68.2 Å². The van der Waals surface area contributed by atoms with Gasteiger partial charge in [-0.25, -0.2) is 8.78 Å². The number of alkyl halides is 2. The summed E-state index contributed by atoms with van der Waals surface area (Å²) in [4.78, 5) is 0. The molecule has 170 valence electrons. The molecule has 4 nitrogen and oxygen atoms in total. The standard InChI is InChI=1S/C24H32F2O4Si/c1-27-20-10-6-18(7-11-20)14-29-16-22-23(24(22,25)26,31(3,4)5)17-30-15-19-8-12-21(28-2)13-9-19/h6-13,22H,14-17H2,1-5H3. The van der Waals surface area contributed by atoms with Crippen LogP contribution < -0.4 is 9.47 Å². The van der Waals surface area contributed by atoms with Crippen molar-refractivity contribution in [1.82, 2.24) is 0 Å². The van der Waals surface area contributed by atoms with Crippen LogP contribution in [0, 0.1) is 5.92 Å². The molecule has 0 spiro atoms. The first kappa shape index (κ1) is 23.7. The summed E-state index contributed by atoms with van der Waals surface area (Å²) < 4.78 is 52.1. The normalized spacial score (nSPS) is 22.2. The SMILES string of the molecule is COc1ccc(COCC2C(F)(F)C2(COCc2ccc(OC)cc2)[Si](C)(C)C)cc1. The molecule has 1 fully saturated rings. The highest BCUT2D eigenvalue weighted by molar-refractivity contribution is 6.80. The molecule has 0 N–H and O–H groups in total. The molecule has 3 rings (SSSR count). The van der Waals surface area contributed by atoms with Crippen LogP contribution in [0.5, 0.6) is 11.5 Å². The van der Waals surface area contributed by atoms with Gasteiger partial charge in [-0.1, -0.05) is 43.9 Å². The minimum atomic E-state index is -2.78. The van der Waals surface area contributed by atoms with E-state index in [0.29, 0.717) is 13.2 Å². The summed E-state index contributed by atoms with van der Waals surface area (Å²) in [7, 11) is 0.953. The number of benzene rings is 2. The average Bonchev–Trinajstić information content (AvgIpc) is 3.24. The molecule has 31 heavy (non-hydrogen) atoms. The van der Waals surface area contributed by atoms with Gasteiger partial charge in [-0.15, -0.1) is 0 Å². The summed E-state index contributed by atoms with van der Waals surface area (Å²) in [5, 5.41) is -1.12. The molecule has 0 aliphatic heterocycles. The van der Waals surface area contributed by atoms with Crippen LogP contribution in [-0.2, 0) is 22.7 Å². The Morgan fingerprint density at radius 1 is 0.774 bits per heavy atom. The maximum atomic E-state index is 15.1. The molecule has 0 aromatic heterocycles. The maximum Gasteiger partial charge on any atom is 0.259 e. The van der Waals surface area contributed by atoms with Gasteiger partial charge in [-0.3, -0.25) is 0 Å². The Hall–Kier alpha value is -1.96. The van der Waals surface area contributed by atoms with Crippen LogP contribution in [0.25, 0.3) is 0 Å². The zero-order valence-corrected chi connectivity index (χ0v) is 19.9. The molecule has 0 heterocycles. The number of halogens is 2. The third-order valence-corrected chi connectivity index (χ3v) is 9.85. The van der Waals surface area contributed by atoms with E-state index in [-0.39, 0.29) is 13.2 Å². The lowest BCUT2D eigenvalue weighted by atomic mass is 10.2. The second-order valence-electron chi connectivity index (χ2n) is 9.10. The lowest BCUT2D eigenvalue weighted by Gasteiger charge is -2.30. The second kappa shape index (κ2) is 9.26. The van der Waals surface area contributed by atoms with Gasteiger partial charge < -0.3 is 18.9 Å². The van der Waals surface area contributed by atoms with E-state index in [1.165, 1.54) is 0 Å². The minimum Gasteiger partial charge on any atom is -0.497 e. The van der Waals surface area contributed by atoms with E-state index in [1.54, 1.807) is 14.2 Å². The first-order valence-electron chi connectivity index (χ1n) is 10.4. The van der Waals surface area contributed by atoms with E-state index in [9.17, 15) is 0 Å². The van der Waals surface area contributed by atoms with Gasteiger partial charge in [0, 0.05) is 0 Å². The van der Waals surface area contributed by atoms with Gasteiger partial charge in [-0.2, -0.15) is 0 Å². The molecular weight excluding hydrogens is 418 g/mol. The predicted molar refractivity (Wildman–Crippen MR) is 120 cm³/mol. The predicted octanol–water partition coefficient (Wildman–Crippen LogP) is 5.78. The van der Waals surface area contributed by atoms with Gasteiger partial charge in [0.2, 0.25) is 0 Å². The van der Waals surface area contributed by atoms with E-state index >= 15 is 8.78 Å². The second-order valence-corrected chi connectivity index (χ2v) is 14.5. The van der Waals surface area contributed by atoms with Crippen LogP contribution in [-0.4, -0.2) is 41.4 Å². The molecule has 1 aliphatic rings. The smallest absolute Gasteiger partial charge is 0.259 e. The third-order valence-electron chi connectivity index (χ3n) is 6.35. The summed E-state index contributed by atoms with van der Waals surface area (Å²) in [5.74, 6) is -2.09. The first-order chi connectivity index (χ1) is 14.7. The van der Waals surface area contributed by atoms with Crippen LogP contribution in [0.4, 0.5) is 8.78 Å². The Morgan fingerprint density at radius 3 is 1.65 bits per heavy atom. The number of rotatable bonds is 11. The number of methoxy groups -OCH3 is 2.